The molecule has 0 aromatic heterocycles. The van der Waals surface area contributed by atoms with E-state index in [1.807, 2.05) is 13.8 Å². The van der Waals surface area contributed by atoms with E-state index >= 15 is 0 Å². The van der Waals surface area contributed by atoms with Gasteiger partial charge in [-0.3, -0.25) is 4.79 Å². The van der Waals surface area contributed by atoms with Crippen molar-refractivity contribution >= 4 is 34.2 Å². The van der Waals surface area contributed by atoms with Crippen molar-refractivity contribution in [3.05, 3.63) is 50.8 Å². The van der Waals surface area contributed by atoms with Gasteiger partial charge in [-0.2, -0.15) is 0 Å². The second kappa shape index (κ2) is 9.03. The number of benzene rings is 2. The highest BCUT2D eigenvalue weighted by Gasteiger charge is 2.16. The van der Waals surface area contributed by atoms with Gasteiger partial charge in [0.25, 0.3) is 5.91 Å². The Balaban J connectivity index is 2.27. The first-order chi connectivity index (χ1) is 12.0. The van der Waals surface area contributed by atoms with Crippen LogP contribution in [0.4, 0.5) is 10.1 Å². The molecule has 25 heavy (non-hydrogen) atoms. The number of anilines is 1. The summed E-state index contributed by atoms with van der Waals surface area (Å²) in [5, 5.41) is 2.78. The fourth-order valence-electron chi connectivity index (χ4n) is 2.23. The first-order valence-electron chi connectivity index (χ1n) is 8.12. The summed E-state index contributed by atoms with van der Waals surface area (Å²) in [6, 6.07) is 7.89. The molecule has 0 radical (unpaired) electrons. The molecule has 6 heteroatoms. The van der Waals surface area contributed by atoms with E-state index in [9.17, 15) is 9.18 Å². The fraction of sp³-hybridized carbons (Fsp3) is 0.316. The number of hydrogen-bond donors (Lipinski definition) is 1. The molecule has 2 aromatic carbocycles. The van der Waals surface area contributed by atoms with Crippen LogP contribution in [-0.4, -0.2) is 19.1 Å². The van der Waals surface area contributed by atoms with Crippen molar-refractivity contribution in [2.45, 2.75) is 27.2 Å². The standard InChI is InChI=1S/C19H21FINO3/c1-4-8-25-18-16(21)10-13(11-17(18)24-5-2)19(23)22-14-6-7-15(20)12(3)9-14/h6-7,9-11H,4-5,8H2,1-3H3,(H,22,23). The van der Waals surface area contributed by atoms with E-state index in [-0.39, 0.29) is 11.7 Å². The molecule has 1 N–H and O–H groups in total. The Kier molecular flexibility index (Phi) is 7.04. The second-order valence-electron chi connectivity index (χ2n) is 5.48. The Morgan fingerprint density at radius 2 is 1.96 bits per heavy atom. The van der Waals surface area contributed by atoms with Crippen molar-refractivity contribution in [2.24, 2.45) is 0 Å². The average molecular weight is 457 g/mol. The van der Waals surface area contributed by atoms with Crippen LogP contribution in [0.25, 0.3) is 0 Å². The van der Waals surface area contributed by atoms with Gasteiger partial charge in [-0.15, -0.1) is 0 Å². The van der Waals surface area contributed by atoms with E-state index in [1.165, 1.54) is 12.1 Å². The molecule has 0 saturated heterocycles. The minimum absolute atomic E-state index is 0.285. The van der Waals surface area contributed by atoms with Gasteiger partial charge in [-0.05, 0) is 78.8 Å². The molecule has 2 rings (SSSR count). The predicted molar refractivity (Wildman–Crippen MR) is 105 cm³/mol. The summed E-state index contributed by atoms with van der Waals surface area (Å²) >= 11 is 2.13. The normalized spacial score (nSPS) is 10.4. The van der Waals surface area contributed by atoms with Crippen LogP contribution < -0.4 is 14.8 Å². The van der Waals surface area contributed by atoms with Crippen LogP contribution in [-0.2, 0) is 0 Å². The molecule has 134 valence electrons. The first-order valence-corrected chi connectivity index (χ1v) is 9.20. The summed E-state index contributed by atoms with van der Waals surface area (Å²) < 4.78 is 25.5. The summed E-state index contributed by atoms with van der Waals surface area (Å²) in [5.41, 5.74) is 1.48. The van der Waals surface area contributed by atoms with Crippen LogP contribution in [0.3, 0.4) is 0 Å². The molecule has 1 amide bonds. The lowest BCUT2D eigenvalue weighted by Gasteiger charge is -2.15. The van der Waals surface area contributed by atoms with Gasteiger partial charge in [0, 0.05) is 11.3 Å². The Morgan fingerprint density at radius 1 is 1.20 bits per heavy atom. The summed E-state index contributed by atoms with van der Waals surface area (Å²) in [7, 11) is 0. The molecule has 0 aliphatic heterocycles. The molecule has 0 aliphatic carbocycles. The third-order valence-electron chi connectivity index (χ3n) is 3.44. The van der Waals surface area contributed by atoms with Gasteiger partial charge in [0.1, 0.15) is 5.82 Å². The minimum atomic E-state index is -0.302. The number of halogens is 2. The molecule has 2 aromatic rings. The lowest BCUT2D eigenvalue weighted by molar-refractivity contribution is 0.102. The summed E-state index contributed by atoms with van der Waals surface area (Å²) in [4.78, 5) is 12.5. The number of carbonyl (C=O) groups excluding carboxylic acids is 1. The molecule has 0 spiro atoms. The number of amides is 1. The Hall–Kier alpha value is -1.83. The number of carbonyl (C=O) groups is 1. The lowest BCUT2D eigenvalue weighted by Crippen LogP contribution is -2.13. The van der Waals surface area contributed by atoms with Crippen molar-refractivity contribution in [2.75, 3.05) is 18.5 Å². The third-order valence-corrected chi connectivity index (χ3v) is 4.24. The Bertz CT molecular complexity index is 765. The molecule has 0 heterocycles. The zero-order valence-corrected chi connectivity index (χ0v) is 16.6. The van der Waals surface area contributed by atoms with E-state index in [0.29, 0.717) is 41.5 Å². The van der Waals surface area contributed by atoms with Gasteiger partial charge in [0.15, 0.2) is 11.5 Å². The van der Waals surface area contributed by atoms with E-state index in [2.05, 4.69) is 27.9 Å². The van der Waals surface area contributed by atoms with Gasteiger partial charge in [0.05, 0.1) is 16.8 Å². The zero-order chi connectivity index (χ0) is 18.4. The van der Waals surface area contributed by atoms with Crippen molar-refractivity contribution in [3.63, 3.8) is 0 Å². The topological polar surface area (TPSA) is 47.6 Å². The van der Waals surface area contributed by atoms with Gasteiger partial charge in [-0.25, -0.2) is 4.39 Å². The minimum Gasteiger partial charge on any atom is -0.490 e. The van der Waals surface area contributed by atoms with Gasteiger partial charge in [0.2, 0.25) is 0 Å². The zero-order valence-electron chi connectivity index (χ0n) is 14.5. The van der Waals surface area contributed by atoms with Crippen molar-refractivity contribution in [1.82, 2.24) is 0 Å². The van der Waals surface area contributed by atoms with Crippen LogP contribution in [0.1, 0.15) is 36.2 Å². The smallest absolute Gasteiger partial charge is 0.255 e. The SMILES string of the molecule is CCCOc1c(I)cc(C(=O)Nc2ccc(F)c(C)c2)cc1OCC. The second-order valence-corrected chi connectivity index (χ2v) is 6.65. The largest absolute Gasteiger partial charge is 0.490 e. The van der Waals surface area contributed by atoms with Crippen molar-refractivity contribution in [1.29, 1.82) is 0 Å². The van der Waals surface area contributed by atoms with Crippen LogP contribution in [0.2, 0.25) is 0 Å². The lowest BCUT2D eigenvalue weighted by atomic mass is 10.1. The van der Waals surface area contributed by atoms with E-state index in [4.69, 9.17) is 9.47 Å². The van der Waals surface area contributed by atoms with Crippen LogP contribution >= 0.6 is 22.6 Å². The third kappa shape index (κ3) is 5.07. The molecule has 0 saturated carbocycles. The highest BCUT2D eigenvalue weighted by Crippen LogP contribution is 2.34. The number of aryl methyl sites for hydroxylation is 1. The van der Waals surface area contributed by atoms with Crippen LogP contribution in [0.5, 0.6) is 11.5 Å². The number of rotatable bonds is 7. The maximum atomic E-state index is 13.4. The molecular weight excluding hydrogens is 436 g/mol. The van der Waals surface area contributed by atoms with E-state index in [0.717, 1.165) is 9.99 Å². The Morgan fingerprint density at radius 3 is 2.60 bits per heavy atom. The molecular formula is C19H21FINO3. The molecule has 0 unspecified atom stereocenters. The Labute approximate surface area is 160 Å². The molecule has 0 aliphatic rings. The van der Waals surface area contributed by atoms with Crippen LogP contribution in [0, 0.1) is 16.3 Å². The predicted octanol–water partition coefficient (Wildman–Crippen LogP) is 5.18. The highest BCUT2D eigenvalue weighted by molar-refractivity contribution is 14.1. The maximum absolute atomic E-state index is 13.4. The van der Waals surface area contributed by atoms with Gasteiger partial charge in [-0.1, -0.05) is 6.92 Å². The quantitative estimate of drug-likeness (QED) is 0.584. The number of ether oxygens (including phenoxy) is 2. The molecule has 0 atom stereocenters. The van der Waals surface area contributed by atoms with E-state index < -0.39 is 0 Å². The van der Waals surface area contributed by atoms with Gasteiger partial charge >= 0.3 is 0 Å². The summed E-state index contributed by atoms with van der Waals surface area (Å²) in [6.07, 6.45) is 0.883. The maximum Gasteiger partial charge on any atom is 0.255 e. The molecule has 0 fully saturated rings. The average Bonchev–Trinajstić information content (AvgIpc) is 2.57. The fourth-order valence-corrected chi connectivity index (χ4v) is 2.99. The summed E-state index contributed by atoms with van der Waals surface area (Å²) in [5.74, 6) is 0.609. The molecule has 0 bridgehead atoms. The monoisotopic (exact) mass is 457 g/mol. The molecule has 4 nitrogen and oxygen atoms in total. The number of hydrogen-bond acceptors (Lipinski definition) is 3. The van der Waals surface area contributed by atoms with Gasteiger partial charge < -0.3 is 14.8 Å². The number of nitrogens with one attached hydrogen (secondary N) is 1. The highest BCUT2D eigenvalue weighted by atomic mass is 127. The van der Waals surface area contributed by atoms with Crippen molar-refractivity contribution < 1.29 is 18.7 Å². The van der Waals surface area contributed by atoms with Crippen molar-refractivity contribution in [3.8, 4) is 11.5 Å². The van der Waals surface area contributed by atoms with Crippen LogP contribution in [0.15, 0.2) is 30.3 Å². The first kappa shape index (κ1) is 19.5. The summed E-state index contributed by atoms with van der Waals surface area (Å²) in [6.45, 7) is 6.61. The van der Waals surface area contributed by atoms with E-state index in [1.54, 1.807) is 25.1 Å².